The maximum atomic E-state index is 12.4. The van der Waals surface area contributed by atoms with Gasteiger partial charge < -0.3 is 14.4 Å². The third-order valence-electron chi connectivity index (χ3n) is 4.92. The van der Waals surface area contributed by atoms with Gasteiger partial charge in [0.2, 0.25) is 10.0 Å². The van der Waals surface area contributed by atoms with Crippen LogP contribution in [0.2, 0.25) is 0 Å². The van der Waals surface area contributed by atoms with Crippen molar-refractivity contribution in [2.45, 2.75) is 24.7 Å². The standard InChI is InChI=1S/C21H28N2O4S/c1-17-16-20(9-10-21(17)26-2)28(24,25)22-11-3-4-18-5-7-19(8-6-18)23-12-14-27-15-13-23/h5-10,16,22H,3-4,11-15H2,1-2H3. The van der Waals surface area contributed by atoms with Gasteiger partial charge in [0, 0.05) is 25.3 Å². The summed E-state index contributed by atoms with van der Waals surface area (Å²) in [5, 5.41) is 0. The zero-order valence-corrected chi connectivity index (χ0v) is 17.3. The first-order chi connectivity index (χ1) is 13.5. The van der Waals surface area contributed by atoms with Crippen LogP contribution >= 0.6 is 0 Å². The van der Waals surface area contributed by atoms with Crippen molar-refractivity contribution in [3.63, 3.8) is 0 Å². The molecule has 3 rings (SSSR count). The van der Waals surface area contributed by atoms with Crippen molar-refractivity contribution in [1.82, 2.24) is 4.72 Å². The van der Waals surface area contributed by atoms with Gasteiger partial charge in [-0.15, -0.1) is 0 Å². The second-order valence-corrected chi connectivity index (χ2v) is 8.67. The van der Waals surface area contributed by atoms with E-state index in [2.05, 4.69) is 33.9 Å². The summed E-state index contributed by atoms with van der Waals surface area (Å²) in [6, 6.07) is 13.4. The first kappa shape index (κ1) is 20.6. The fraction of sp³-hybridized carbons (Fsp3) is 0.429. The van der Waals surface area contributed by atoms with E-state index in [1.54, 1.807) is 25.3 Å². The summed E-state index contributed by atoms with van der Waals surface area (Å²) in [5.41, 5.74) is 3.21. The first-order valence-corrected chi connectivity index (χ1v) is 11.0. The van der Waals surface area contributed by atoms with Gasteiger partial charge in [-0.3, -0.25) is 0 Å². The summed E-state index contributed by atoms with van der Waals surface area (Å²) in [6.07, 6.45) is 1.57. The average molecular weight is 405 g/mol. The number of morpholine rings is 1. The monoisotopic (exact) mass is 404 g/mol. The Labute approximate surface area is 167 Å². The lowest BCUT2D eigenvalue weighted by Gasteiger charge is -2.28. The quantitative estimate of drug-likeness (QED) is 0.685. The van der Waals surface area contributed by atoms with Crippen LogP contribution in [0.5, 0.6) is 5.75 Å². The largest absolute Gasteiger partial charge is 0.496 e. The van der Waals surface area contributed by atoms with Gasteiger partial charge in [0.1, 0.15) is 5.75 Å². The average Bonchev–Trinajstić information content (AvgIpc) is 2.72. The van der Waals surface area contributed by atoms with E-state index in [4.69, 9.17) is 9.47 Å². The van der Waals surface area contributed by atoms with Crippen LogP contribution in [0.1, 0.15) is 17.5 Å². The van der Waals surface area contributed by atoms with Gasteiger partial charge in [0.15, 0.2) is 0 Å². The maximum Gasteiger partial charge on any atom is 0.240 e. The molecule has 0 aliphatic carbocycles. The van der Waals surface area contributed by atoms with Crippen LogP contribution in [-0.2, 0) is 21.2 Å². The van der Waals surface area contributed by atoms with Crippen LogP contribution in [0.15, 0.2) is 47.4 Å². The first-order valence-electron chi connectivity index (χ1n) is 9.55. The zero-order chi connectivity index (χ0) is 20.0. The summed E-state index contributed by atoms with van der Waals surface area (Å²) >= 11 is 0. The minimum atomic E-state index is -3.51. The number of anilines is 1. The number of aryl methyl sites for hydroxylation is 2. The number of hydrogen-bond donors (Lipinski definition) is 1. The van der Waals surface area contributed by atoms with Crippen molar-refractivity contribution in [3.8, 4) is 5.75 Å². The number of nitrogens with one attached hydrogen (secondary N) is 1. The molecule has 7 heteroatoms. The third-order valence-corrected chi connectivity index (χ3v) is 6.38. The normalized spacial score (nSPS) is 14.9. The predicted molar refractivity (Wildman–Crippen MR) is 111 cm³/mol. The molecule has 0 atom stereocenters. The van der Waals surface area contributed by atoms with Crippen molar-refractivity contribution < 1.29 is 17.9 Å². The number of methoxy groups -OCH3 is 1. The number of rotatable bonds is 8. The lowest BCUT2D eigenvalue weighted by molar-refractivity contribution is 0.122. The Morgan fingerprint density at radius 2 is 1.82 bits per heavy atom. The third kappa shape index (κ3) is 5.25. The van der Waals surface area contributed by atoms with Gasteiger partial charge >= 0.3 is 0 Å². The van der Waals surface area contributed by atoms with Gasteiger partial charge in [0.05, 0.1) is 25.2 Å². The maximum absolute atomic E-state index is 12.4. The van der Waals surface area contributed by atoms with Gasteiger partial charge in [-0.25, -0.2) is 13.1 Å². The molecule has 1 heterocycles. The number of ether oxygens (including phenoxy) is 2. The molecule has 0 spiro atoms. The predicted octanol–water partition coefficient (Wildman–Crippen LogP) is 2.75. The molecule has 1 N–H and O–H groups in total. The highest BCUT2D eigenvalue weighted by Gasteiger charge is 2.15. The number of hydrogen-bond acceptors (Lipinski definition) is 5. The SMILES string of the molecule is COc1ccc(S(=O)(=O)NCCCc2ccc(N3CCOCC3)cc2)cc1C. The Bertz CT molecular complexity index is 876. The molecule has 1 aliphatic rings. The second kappa shape index (κ2) is 9.41. The van der Waals surface area contributed by atoms with Crippen LogP contribution in [0.25, 0.3) is 0 Å². The Morgan fingerprint density at radius 1 is 1.11 bits per heavy atom. The van der Waals surface area contributed by atoms with Crippen LogP contribution < -0.4 is 14.4 Å². The second-order valence-electron chi connectivity index (χ2n) is 6.90. The molecule has 28 heavy (non-hydrogen) atoms. The lowest BCUT2D eigenvalue weighted by Crippen LogP contribution is -2.36. The molecule has 152 valence electrons. The van der Waals surface area contributed by atoms with E-state index in [1.165, 1.54) is 11.3 Å². The number of sulfonamides is 1. The Kier molecular flexibility index (Phi) is 6.93. The lowest BCUT2D eigenvalue weighted by atomic mass is 10.1. The van der Waals surface area contributed by atoms with E-state index in [0.717, 1.165) is 44.7 Å². The molecule has 1 saturated heterocycles. The highest BCUT2D eigenvalue weighted by Crippen LogP contribution is 2.21. The Hall–Kier alpha value is -2.09. The van der Waals surface area contributed by atoms with Crippen molar-refractivity contribution in [1.29, 1.82) is 0 Å². The fourth-order valence-electron chi connectivity index (χ4n) is 3.30. The topological polar surface area (TPSA) is 67.9 Å². The van der Waals surface area contributed by atoms with Crippen LogP contribution in [-0.4, -0.2) is 48.4 Å². The molecule has 0 saturated carbocycles. The van der Waals surface area contributed by atoms with E-state index in [9.17, 15) is 8.42 Å². The van der Waals surface area contributed by atoms with Crippen LogP contribution in [0.3, 0.4) is 0 Å². The van der Waals surface area contributed by atoms with Crippen LogP contribution in [0, 0.1) is 6.92 Å². The Morgan fingerprint density at radius 3 is 2.46 bits per heavy atom. The molecule has 0 amide bonds. The van der Waals surface area contributed by atoms with Gasteiger partial charge in [0.25, 0.3) is 0 Å². The molecular weight excluding hydrogens is 376 g/mol. The molecule has 2 aromatic rings. The molecule has 0 unspecified atom stereocenters. The molecule has 0 aromatic heterocycles. The summed E-state index contributed by atoms with van der Waals surface area (Å²) in [5.74, 6) is 0.680. The van der Waals surface area contributed by atoms with E-state index >= 15 is 0 Å². The highest BCUT2D eigenvalue weighted by molar-refractivity contribution is 7.89. The van der Waals surface area contributed by atoms with E-state index in [0.29, 0.717) is 12.3 Å². The van der Waals surface area contributed by atoms with Gasteiger partial charge in [-0.2, -0.15) is 0 Å². The van der Waals surface area contributed by atoms with E-state index < -0.39 is 10.0 Å². The summed E-state index contributed by atoms with van der Waals surface area (Å²) < 4.78 is 38.1. The number of nitrogens with zero attached hydrogens (tertiary/aromatic N) is 1. The van der Waals surface area contributed by atoms with Gasteiger partial charge in [-0.05, 0) is 61.2 Å². The highest BCUT2D eigenvalue weighted by atomic mass is 32.2. The summed E-state index contributed by atoms with van der Waals surface area (Å²) in [4.78, 5) is 2.58. The smallest absolute Gasteiger partial charge is 0.240 e. The van der Waals surface area contributed by atoms with Crippen molar-refractivity contribution in [2.24, 2.45) is 0 Å². The van der Waals surface area contributed by atoms with E-state index in [-0.39, 0.29) is 4.90 Å². The Balaban J connectivity index is 1.49. The summed E-state index contributed by atoms with van der Waals surface area (Å²) in [7, 11) is -1.94. The zero-order valence-electron chi connectivity index (χ0n) is 16.5. The molecular formula is C21H28N2O4S. The minimum Gasteiger partial charge on any atom is -0.496 e. The molecule has 6 nitrogen and oxygen atoms in total. The van der Waals surface area contributed by atoms with Crippen molar-refractivity contribution >= 4 is 15.7 Å². The summed E-state index contributed by atoms with van der Waals surface area (Å²) in [6.45, 7) is 5.63. The number of benzene rings is 2. The van der Waals surface area contributed by atoms with Gasteiger partial charge in [-0.1, -0.05) is 12.1 Å². The molecule has 2 aromatic carbocycles. The minimum absolute atomic E-state index is 0.265. The van der Waals surface area contributed by atoms with Crippen LogP contribution in [0.4, 0.5) is 5.69 Å². The fourth-order valence-corrected chi connectivity index (χ4v) is 4.45. The van der Waals surface area contributed by atoms with Crippen molar-refractivity contribution in [3.05, 3.63) is 53.6 Å². The molecule has 0 radical (unpaired) electrons. The molecule has 1 aliphatic heterocycles. The van der Waals surface area contributed by atoms with E-state index in [1.807, 2.05) is 6.92 Å². The molecule has 0 bridgehead atoms. The molecule has 1 fully saturated rings. The van der Waals surface area contributed by atoms with Crippen molar-refractivity contribution in [2.75, 3.05) is 44.9 Å².